The summed E-state index contributed by atoms with van der Waals surface area (Å²) in [5.74, 6) is -0.445. The molecular formula is C11H17N3O4S. The number of hydrogen-bond acceptors (Lipinski definition) is 5. The average Bonchev–Trinajstić information content (AvgIpc) is 2.32. The molecule has 5 N–H and O–H groups in total. The number of nitrogens with two attached hydrogens (primary N) is 2. The summed E-state index contributed by atoms with van der Waals surface area (Å²) in [5.41, 5.74) is 6.09. The lowest BCUT2D eigenvalue weighted by atomic mass is 10.2. The van der Waals surface area contributed by atoms with E-state index in [-0.39, 0.29) is 11.4 Å². The minimum absolute atomic E-state index is 0.0241. The Morgan fingerprint density at radius 1 is 1.47 bits per heavy atom. The Labute approximate surface area is 112 Å². The highest BCUT2D eigenvalue weighted by atomic mass is 32.2. The van der Waals surface area contributed by atoms with Gasteiger partial charge in [0.1, 0.15) is 6.10 Å². The van der Waals surface area contributed by atoms with Crippen LogP contribution >= 0.6 is 0 Å². The SMILES string of the molecule is COC(CN)C(=O)Nc1cccc(S(N)(=O)=O)c1C. The number of rotatable bonds is 5. The molecule has 0 aliphatic rings. The fraction of sp³-hybridized carbons (Fsp3) is 0.364. The number of carbonyl (C=O) groups is 1. The first kappa shape index (κ1) is 15.6. The topological polar surface area (TPSA) is 125 Å². The van der Waals surface area contributed by atoms with Gasteiger partial charge < -0.3 is 15.8 Å². The lowest BCUT2D eigenvalue weighted by Crippen LogP contribution is -2.36. The Balaban J connectivity index is 3.07. The van der Waals surface area contributed by atoms with Crippen molar-refractivity contribution in [3.8, 4) is 0 Å². The molecule has 0 aliphatic heterocycles. The van der Waals surface area contributed by atoms with Crippen LogP contribution in [0.2, 0.25) is 0 Å². The second-order valence-corrected chi connectivity index (χ2v) is 5.45. The van der Waals surface area contributed by atoms with Gasteiger partial charge in [-0.15, -0.1) is 0 Å². The monoisotopic (exact) mass is 287 g/mol. The molecule has 1 aromatic rings. The minimum Gasteiger partial charge on any atom is -0.370 e. The lowest BCUT2D eigenvalue weighted by Gasteiger charge is -2.15. The van der Waals surface area contributed by atoms with Crippen molar-refractivity contribution in [3.63, 3.8) is 0 Å². The highest BCUT2D eigenvalue weighted by molar-refractivity contribution is 7.89. The van der Waals surface area contributed by atoms with Crippen molar-refractivity contribution in [2.24, 2.45) is 10.9 Å². The first-order chi connectivity index (χ1) is 8.81. The van der Waals surface area contributed by atoms with Crippen molar-refractivity contribution < 1.29 is 17.9 Å². The molecule has 0 spiro atoms. The zero-order chi connectivity index (χ0) is 14.6. The van der Waals surface area contributed by atoms with Gasteiger partial charge in [-0.3, -0.25) is 4.79 Å². The van der Waals surface area contributed by atoms with Crippen molar-refractivity contribution in [1.82, 2.24) is 0 Å². The van der Waals surface area contributed by atoms with Gasteiger partial charge in [-0.05, 0) is 24.6 Å². The summed E-state index contributed by atoms with van der Waals surface area (Å²) in [6, 6.07) is 4.44. The van der Waals surface area contributed by atoms with Crippen LogP contribution in [0.5, 0.6) is 0 Å². The van der Waals surface area contributed by atoms with E-state index in [0.717, 1.165) is 0 Å². The standard InChI is InChI=1S/C11H17N3O4S/c1-7-8(14-11(15)9(6-12)18-2)4-3-5-10(7)19(13,16)17/h3-5,9H,6,12H2,1-2H3,(H,14,15)(H2,13,16,17). The predicted molar refractivity (Wildman–Crippen MR) is 71.0 cm³/mol. The molecule has 8 heteroatoms. The van der Waals surface area contributed by atoms with Crippen molar-refractivity contribution in [1.29, 1.82) is 0 Å². The van der Waals surface area contributed by atoms with Gasteiger partial charge in [-0.2, -0.15) is 0 Å². The van der Waals surface area contributed by atoms with Crippen LogP contribution in [0.3, 0.4) is 0 Å². The molecule has 0 fully saturated rings. The largest absolute Gasteiger partial charge is 0.370 e. The molecule has 0 bridgehead atoms. The molecule has 1 aromatic carbocycles. The fourth-order valence-corrected chi connectivity index (χ4v) is 2.39. The normalized spacial score (nSPS) is 13.1. The van der Waals surface area contributed by atoms with E-state index in [1.807, 2.05) is 0 Å². The molecule has 0 saturated carbocycles. The van der Waals surface area contributed by atoms with Crippen LogP contribution in [0.15, 0.2) is 23.1 Å². The highest BCUT2D eigenvalue weighted by Crippen LogP contribution is 2.22. The highest BCUT2D eigenvalue weighted by Gasteiger charge is 2.19. The number of primary sulfonamides is 1. The fourth-order valence-electron chi connectivity index (χ4n) is 1.58. The first-order valence-corrected chi connectivity index (χ1v) is 7.02. The first-order valence-electron chi connectivity index (χ1n) is 5.47. The maximum absolute atomic E-state index is 11.8. The zero-order valence-electron chi connectivity index (χ0n) is 10.7. The van der Waals surface area contributed by atoms with Gasteiger partial charge in [0.25, 0.3) is 5.91 Å². The number of sulfonamides is 1. The van der Waals surface area contributed by atoms with E-state index < -0.39 is 22.0 Å². The van der Waals surface area contributed by atoms with Crippen LogP contribution in [0.25, 0.3) is 0 Å². The van der Waals surface area contributed by atoms with Gasteiger partial charge in [-0.1, -0.05) is 6.07 Å². The van der Waals surface area contributed by atoms with Crippen molar-refractivity contribution in [2.75, 3.05) is 19.0 Å². The molecule has 0 aromatic heterocycles. The second-order valence-electron chi connectivity index (χ2n) is 3.92. The van der Waals surface area contributed by atoms with Gasteiger partial charge in [0.05, 0.1) is 4.90 Å². The van der Waals surface area contributed by atoms with E-state index in [0.29, 0.717) is 11.3 Å². The van der Waals surface area contributed by atoms with E-state index in [9.17, 15) is 13.2 Å². The summed E-state index contributed by atoms with van der Waals surface area (Å²) >= 11 is 0. The second kappa shape index (κ2) is 6.11. The number of anilines is 1. The number of amides is 1. The Hall–Kier alpha value is -1.48. The van der Waals surface area contributed by atoms with Gasteiger partial charge in [0.2, 0.25) is 10.0 Å². The number of hydrogen-bond donors (Lipinski definition) is 3. The Morgan fingerprint density at radius 3 is 2.58 bits per heavy atom. The summed E-state index contributed by atoms with van der Waals surface area (Å²) in [6.45, 7) is 1.58. The van der Waals surface area contributed by atoms with E-state index in [1.54, 1.807) is 13.0 Å². The third-order valence-corrected chi connectivity index (χ3v) is 3.69. The van der Waals surface area contributed by atoms with Gasteiger partial charge in [-0.25, -0.2) is 13.6 Å². The maximum atomic E-state index is 11.8. The van der Waals surface area contributed by atoms with Crippen LogP contribution in [0, 0.1) is 6.92 Å². The van der Waals surface area contributed by atoms with E-state index in [4.69, 9.17) is 15.6 Å². The van der Waals surface area contributed by atoms with Crippen molar-refractivity contribution in [2.45, 2.75) is 17.9 Å². The molecule has 19 heavy (non-hydrogen) atoms. The third-order valence-electron chi connectivity index (χ3n) is 2.64. The predicted octanol–water partition coefficient (Wildman–Crippen LogP) is -0.445. The van der Waals surface area contributed by atoms with E-state index in [2.05, 4.69) is 5.32 Å². The number of methoxy groups -OCH3 is 1. The summed E-state index contributed by atoms with van der Waals surface area (Å²) in [6.07, 6.45) is -0.794. The Morgan fingerprint density at radius 2 is 2.11 bits per heavy atom. The summed E-state index contributed by atoms with van der Waals surface area (Å²) in [7, 11) is -2.46. The number of ether oxygens (including phenoxy) is 1. The quantitative estimate of drug-likeness (QED) is 0.676. The average molecular weight is 287 g/mol. The molecule has 7 nitrogen and oxygen atoms in total. The summed E-state index contributed by atoms with van der Waals surface area (Å²) in [5, 5.41) is 7.64. The van der Waals surface area contributed by atoms with E-state index >= 15 is 0 Å². The zero-order valence-corrected chi connectivity index (χ0v) is 11.5. The number of benzene rings is 1. The molecular weight excluding hydrogens is 270 g/mol. The van der Waals surface area contributed by atoms with Crippen LogP contribution in [0.4, 0.5) is 5.69 Å². The molecule has 1 unspecified atom stereocenters. The minimum atomic E-state index is -3.83. The Kier molecular flexibility index (Phi) is 5.01. The van der Waals surface area contributed by atoms with Crippen molar-refractivity contribution in [3.05, 3.63) is 23.8 Å². The van der Waals surface area contributed by atoms with Crippen LogP contribution in [0.1, 0.15) is 5.56 Å². The van der Waals surface area contributed by atoms with Crippen LogP contribution < -0.4 is 16.2 Å². The molecule has 0 heterocycles. The summed E-state index contributed by atoms with van der Waals surface area (Å²) < 4.78 is 27.6. The van der Waals surface area contributed by atoms with Crippen molar-refractivity contribution >= 4 is 21.6 Å². The summed E-state index contributed by atoms with van der Waals surface area (Å²) in [4.78, 5) is 11.8. The van der Waals surface area contributed by atoms with Gasteiger partial charge >= 0.3 is 0 Å². The molecule has 1 amide bonds. The molecule has 0 saturated heterocycles. The number of nitrogens with one attached hydrogen (secondary N) is 1. The molecule has 1 atom stereocenters. The molecule has 0 aliphatic carbocycles. The van der Waals surface area contributed by atoms with Gasteiger partial charge in [0.15, 0.2) is 0 Å². The Bertz CT molecular complexity index is 567. The molecule has 106 valence electrons. The smallest absolute Gasteiger partial charge is 0.254 e. The van der Waals surface area contributed by atoms with Crippen LogP contribution in [-0.2, 0) is 19.6 Å². The number of carbonyl (C=O) groups excluding carboxylic acids is 1. The van der Waals surface area contributed by atoms with E-state index in [1.165, 1.54) is 19.2 Å². The van der Waals surface area contributed by atoms with Gasteiger partial charge in [0, 0.05) is 19.3 Å². The van der Waals surface area contributed by atoms with Crippen LogP contribution in [-0.4, -0.2) is 34.1 Å². The molecule has 0 radical (unpaired) electrons. The third kappa shape index (κ3) is 3.74. The maximum Gasteiger partial charge on any atom is 0.254 e. The molecule has 1 rings (SSSR count). The lowest BCUT2D eigenvalue weighted by molar-refractivity contribution is -0.125.